The fourth-order valence-corrected chi connectivity index (χ4v) is 2.31. The molecule has 2 aromatic carbocycles. The van der Waals surface area contributed by atoms with Gasteiger partial charge in [0.1, 0.15) is 5.82 Å². The van der Waals surface area contributed by atoms with Crippen molar-refractivity contribution < 1.29 is 9.18 Å². The van der Waals surface area contributed by atoms with Gasteiger partial charge in [0.2, 0.25) is 5.91 Å². The van der Waals surface area contributed by atoms with Gasteiger partial charge in [0.05, 0.1) is 6.54 Å². The van der Waals surface area contributed by atoms with E-state index in [1.54, 1.807) is 19.1 Å². The molecule has 3 N–H and O–H groups in total. The van der Waals surface area contributed by atoms with Crippen molar-refractivity contribution in [2.75, 3.05) is 25.0 Å². The van der Waals surface area contributed by atoms with E-state index in [1.165, 1.54) is 6.07 Å². The maximum absolute atomic E-state index is 13.5. The SMILES string of the molecule is Cc1ccc(NC(=O)CN(CCN)Cc2ccccc2)cc1F. The Morgan fingerprint density at radius 2 is 1.96 bits per heavy atom. The lowest BCUT2D eigenvalue weighted by Gasteiger charge is -2.21. The number of nitrogens with two attached hydrogens (primary N) is 1. The Bertz CT molecular complexity index is 646. The first kappa shape index (κ1) is 17.1. The summed E-state index contributed by atoms with van der Waals surface area (Å²) in [4.78, 5) is 14.1. The Morgan fingerprint density at radius 3 is 2.61 bits per heavy atom. The van der Waals surface area contributed by atoms with Gasteiger partial charge in [-0.05, 0) is 30.2 Å². The first-order valence-electron chi connectivity index (χ1n) is 7.61. The number of anilines is 1. The monoisotopic (exact) mass is 315 g/mol. The van der Waals surface area contributed by atoms with E-state index < -0.39 is 0 Å². The van der Waals surface area contributed by atoms with Gasteiger partial charge in [-0.1, -0.05) is 36.4 Å². The van der Waals surface area contributed by atoms with Gasteiger partial charge < -0.3 is 11.1 Å². The van der Waals surface area contributed by atoms with Crippen LogP contribution in [-0.2, 0) is 11.3 Å². The number of halogens is 1. The van der Waals surface area contributed by atoms with Gasteiger partial charge in [-0.15, -0.1) is 0 Å². The van der Waals surface area contributed by atoms with Crippen LogP contribution < -0.4 is 11.1 Å². The van der Waals surface area contributed by atoms with Crippen molar-refractivity contribution in [1.29, 1.82) is 0 Å². The first-order chi connectivity index (χ1) is 11.1. The van der Waals surface area contributed by atoms with Crippen molar-refractivity contribution in [1.82, 2.24) is 4.90 Å². The second-order valence-electron chi connectivity index (χ2n) is 5.50. The molecule has 0 unspecified atom stereocenters. The molecule has 0 heterocycles. The molecule has 0 fully saturated rings. The van der Waals surface area contributed by atoms with E-state index in [1.807, 2.05) is 35.2 Å². The molecule has 0 bridgehead atoms. The number of amides is 1. The Kier molecular flexibility index (Phi) is 6.26. The summed E-state index contributed by atoms with van der Waals surface area (Å²) in [5, 5.41) is 2.72. The molecule has 2 aromatic rings. The van der Waals surface area contributed by atoms with E-state index in [9.17, 15) is 9.18 Å². The third-order valence-electron chi connectivity index (χ3n) is 3.52. The van der Waals surface area contributed by atoms with Crippen LogP contribution in [0.1, 0.15) is 11.1 Å². The van der Waals surface area contributed by atoms with Gasteiger partial charge in [-0.2, -0.15) is 0 Å². The number of carbonyl (C=O) groups is 1. The minimum Gasteiger partial charge on any atom is -0.329 e. The lowest BCUT2D eigenvalue weighted by molar-refractivity contribution is -0.117. The van der Waals surface area contributed by atoms with Crippen molar-refractivity contribution in [3.8, 4) is 0 Å². The molecule has 5 heteroatoms. The highest BCUT2D eigenvalue weighted by atomic mass is 19.1. The molecule has 0 aromatic heterocycles. The number of aryl methyl sites for hydroxylation is 1. The largest absolute Gasteiger partial charge is 0.329 e. The van der Waals surface area contributed by atoms with E-state index in [0.29, 0.717) is 30.9 Å². The molecule has 122 valence electrons. The van der Waals surface area contributed by atoms with Crippen molar-refractivity contribution in [2.24, 2.45) is 5.73 Å². The predicted octanol–water partition coefficient (Wildman–Crippen LogP) is 2.53. The number of nitrogens with one attached hydrogen (secondary N) is 1. The zero-order valence-electron chi connectivity index (χ0n) is 13.3. The maximum atomic E-state index is 13.5. The van der Waals surface area contributed by atoms with E-state index in [0.717, 1.165) is 5.56 Å². The number of hydrogen-bond donors (Lipinski definition) is 2. The Balaban J connectivity index is 1.95. The molecule has 0 aliphatic heterocycles. The van der Waals surface area contributed by atoms with Gasteiger partial charge in [-0.25, -0.2) is 4.39 Å². The molecule has 2 rings (SSSR count). The van der Waals surface area contributed by atoms with Gasteiger partial charge in [-0.3, -0.25) is 9.69 Å². The fraction of sp³-hybridized carbons (Fsp3) is 0.278. The summed E-state index contributed by atoms with van der Waals surface area (Å²) in [6.07, 6.45) is 0. The summed E-state index contributed by atoms with van der Waals surface area (Å²) in [5.41, 5.74) is 7.76. The fourth-order valence-electron chi connectivity index (χ4n) is 2.31. The average Bonchev–Trinajstić information content (AvgIpc) is 2.52. The number of hydrogen-bond acceptors (Lipinski definition) is 3. The standard InChI is InChI=1S/C18H22FN3O/c1-14-7-8-16(11-17(14)19)21-18(23)13-22(10-9-20)12-15-5-3-2-4-6-15/h2-8,11H,9-10,12-13,20H2,1H3,(H,21,23). The van der Waals surface area contributed by atoms with Gasteiger partial charge >= 0.3 is 0 Å². The molecular formula is C18H22FN3O. The lowest BCUT2D eigenvalue weighted by Crippen LogP contribution is -2.36. The lowest BCUT2D eigenvalue weighted by atomic mass is 10.2. The van der Waals surface area contributed by atoms with Crippen LogP contribution in [0.15, 0.2) is 48.5 Å². The minimum absolute atomic E-state index is 0.183. The number of nitrogens with zero attached hydrogens (tertiary/aromatic N) is 1. The number of benzene rings is 2. The molecule has 23 heavy (non-hydrogen) atoms. The summed E-state index contributed by atoms with van der Waals surface area (Å²) in [7, 11) is 0. The van der Waals surface area contributed by atoms with Gasteiger partial charge in [0.15, 0.2) is 0 Å². The van der Waals surface area contributed by atoms with Crippen LogP contribution in [0.3, 0.4) is 0 Å². The van der Waals surface area contributed by atoms with Crippen molar-refractivity contribution in [2.45, 2.75) is 13.5 Å². The van der Waals surface area contributed by atoms with Gasteiger partial charge in [0.25, 0.3) is 0 Å². The third kappa shape index (κ3) is 5.47. The Hall–Kier alpha value is -2.24. The average molecular weight is 315 g/mol. The van der Waals surface area contributed by atoms with E-state index in [4.69, 9.17) is 5.73 Å². The second kappa shape index (κ2) is 8.41. The number of rotatable bonds is 7. The minimum atomic E-state index is -0.328. The number of carbonyl (C=O) groups excluding carboxylic acids is 1. The molecule has 4 nitrogen and oxygen atoms in total. The second-order valence-corrected chi connectivity index (χ2v) is 5.50. The van der Waals surface area contributed by atoms with Gasteiger partial charge in [0, 0.05) is 25.3 Å². The van der Waals surface area contributed by atoms with Crippen LogP contribution in [0, 0.1) is 12.7 Å². The summed E-state index contributed by atoms with van der Waals surface area (Å²) >= 11 is 0. The van der Waals surface area contributed by atoms with E-state index in [-0.39, 0.29) is 18.3 Å². The van der Waals surface area contributed by atoms with Crippen molar-refractivity contribution in [3.05, 3.63) is 65.5 Å². The molecule has 1 amide bonds. The Labute approximate surface area is 136 Å². The highest BCUT2D eigenvalue weighted by Crippen LogP contribution is 2.13. The zero-order valence-corrected chi connectivity index (χ0v) is 13.3. The molecule has 0 aliphatic carbocycles. The normalized spacial score (nSPS) is 10.8. The molecule has 0 spiro atoms. The highest BCUT2D eigenvalue weighted by Gasteiger charge is 2.11. The Morgan fingerprint density at radius 1 is 1.22 bits per heavy atom. The maximum Gasteiger partial charge on any atom is 0.238 e. The summed E-state index contributed by atoms with van der Waals surface area (Å²) in [6, 6.07) is 14.6. The van der Waals surface area contributed by atoms with E-state index >= 15 is 0 Å². The smallest absolute Gasteiger partial charge is 0.238 e. The summed E-state index contributed by atoms with van der Waals surface area (Å²) in [6.45, 7) is 3.63. The third-order valence-corrected chi connectivity index (χ3v) is 3.52. The van der Waals surface area contributed by atoms with E-state index in [2.05, 4.69) is 5.32 Å². The van der Waals surface area contributed by atoms with Crippen LogP contribution in [0.2, 0.25) is 0 Å². The molecule has 0 saturated heterocycles. The van der Waals surface area contributed by atoms with Crippen LogP contribution in [0.4, 0.5) is 10.1 Å². The summed E-state index contributed by atoms with van der Waals surface area (Å²) < 4.78 is 13.5. The molecule has 0 saturated carbocycles. The van der Waals surface area contributed by atoms with Crippen LogP contribution >= 0.6 is 0 Å². The zero-order chi connectivity index (χ0) is 16.7. The quantitative estimate of drug-likeness (QED) is 0.825. The molecule has 0 atom stereocenters. The van der Waals surface area contributed by atoms with Crippen LogP contribution in [0.5, 0.6) is 0 Å². The highest BCUT2D eigenvalue weighted by molar-refractivity contribution is 5.92. The van der Waals surface area contributed by atoms with Crippen molar-refractivity contribution >= 4 is 11.6 Å². The summed E-state index contributed by atoms with van der Waals surface area (Å²) in [5.74, 6) is -0.511. The predicted molar refractivity (Wildman–Crippen MR) is 90.5 cm³/mol. The molecular weight excluding hydrogens is 293 g/mol. The molecule has 0 aliphatic rings. The van der Waals surface area contributed by atoms with Crippen LogP contribution in [-0.4, -0.2) is 30.4 Å². The van der Waals surface area contributed by atoms with Crippen LogP contribution in [0.25, 0.3) is 0 Å². The van der Waals surface area contributed by atoms with Crippen molar-refractivity contribution in [3.63, 3.8) is 0 Å². The molecule has 0 radical (unpaired) electrons. The first-order valence-corrected chi connectivity index (χ1v) is 7.61. The topological polar surface area (TPSA) is 58.4 Å².